The van der Waals surface area contributed by atoms with Crippen molar-refractivity contribution in [2.45, 2.75) is 11.3 Å². The van der Waals surface area contributed by atoms with Crippen molar-refractivity contribution in [1.82, 2.24) is 5.43 Å². The minimum Gasteiger partial charge on any atom is -0.507 e. The van der Waals surface area contributed by atoms with E-state index in [-0.39, 0.29) is 33.8 Å². The van der Waals surface area contributed by atoms with Crippen LogP contribution < -0.4 is 10.3 Å². The number of hydrogen-bond donors (Lipinski definition) is 2. The van der Waals surface area contributed by atoms with Crippen molar-refractivity contribution in [3.8, 4) is 5.75 Å². The average Bonchev–Trinajstić information content (AvgIpc) is 3.25. The smallest absolute Gasteiger partial charge is 0.275 e. The molecule has 2 N–H and O–H groups in total. The number of amides is 3. The molecule has 4 aromatic carbocycles. The zero-order valence-corrected chi connectivity index (χ0v) is 24.7. The molecule has 2 atom stereocenters. The van der Waals surface area contributed by atoms with E-state index >= 15 is 0 Å². The fraction of sp³-hybridized carbons (Fsp3) is 0.125. The molecule has 10 heteroatoms. The predicted molar refractivity (Wildman–Crippen MR) is 163 cm³/mol. The minimum atomic E-state index is -1.18. The standard InChI is InChI=1S/C32H20BrCl2N3O4/c33-16-9-12-25(39)20(13-16)29(40)37-36-15-32-21-7-3-1-5-18(21)26(19-6-2-4-8-22(19)32)27-28(32)31(42)38(30(27)41)24-11-10-17(34)14-23(24)35/h1-15,26-28,39H,(H,37,40)/b36-15-/t26?,27-,28+,32?/m1/s1. The maximum Gasteiger partial charge on any atom is 0.275 e. The lowest BCUT2D eigenvalue weighted by Gasteiger charge is -2.52. The number of imide groups is 1. The summed E-state index contributed by atoms with van der Waals surface area (Å²) in [6, 6.07) is 24.6. The molecule has 1 heterocycles. The van der Waals surface area contributed by atoms with Crippen LogP contribution in [0.15, 0.2) is 94.5 Å². The summed E-state index contributed by atoms with van der Waals surface area (Å²) in [6.45, 7) is 0. The van der Waals surface area contributed by atoms with Crippen LogP contribution in [0.1, 0.15) is 38.5 Å². The van der Waals surface area contributed by atoms with Gasteiger partial charge in [-0.2, -0.15) is 5.10 Å². The number of carbonyl (C=O) groups is 3. The van der Waals surface area contributed by atoms with E-state index in [2.05, 4.69) is 26.5 Å². The van der Waals surface area contributed by atoms with Crippen molar-refractivity contribution in [2.24, 2.45) is 16.9 Å². The van der Waals surface area contributed by atoms with E-state index in [0.717, 1.165) is 22.3 Å². The zero-order chi connectivity index (χ0) is 29.3. The fourth-order valence-electron chi connectivity index (χ4n) is 6.89. The first-order valence-electron chi connectivity index (χ1n) is 13.1. The molecule has 1 fully saturated rings. The summed E-state index contributed by atoms with van der Waals surface area (Å²) >= 11 is 15.9. The molecule has 1 aliphatic heterocycles. The molecule has 42 heavy (non-hydrogen) atoms. The summed E-state index contributed by atoms with van der Waals surface area (Å²) < 4.78 is 0.611. The zero-order valence-electron chi connectivity index (χ0n) is 21.6. The Labute approximate surface area is 258 Å². The molecule has 2 bridgehead atoms. The largest absolute Gasteiger partial charge is 0.507 e. The van der Waals surface area contributed by atoms with Crippen molar-refractivity contribution in [3.63, 3.8) is 0 Å². The summed E-state index contributed by atoms with van der Waals surface area (Å²) in [5.41, 5.74) is 5.15. The van der Waals surface area contributed by atoms with Crippen LogP contribution in [0.3, 0.4) is 0 Å². The van der Waals surface area contributed by atoms with Gasteiger partial charge in [0.05, 0.1) is 33.5 Å². The van der Waals surface area contributed by atoms with Crippen molar-refractivity contribution in [2.75, 3.05) is 4.90 Å². The first-order chi connectivity index (χ1) is 20.2. The van der Waals surface area contributed by atoms with Gasteiger partial charge >= 0.3 is 0 Å². The van der Waals surface area contributed by atoms with Gasteiger partial charge in [0.25, 0.3) is 5.91 Å². The first-order valence-corrected chi connectivity index (χ1v) is 14.6. The van der Waals surface area contributed by atoms with Crippen LogP contribution >= 0.6 is 39.1 Å². The number of anilines is 1. The molecule has 7 nitrogen and oxygen atoms in total. The Morgan fingerprint density at radius 1 is 0.929 bits per heavy atom. The number of nitrogens with one attached hydrogen (secondary N) is 1. The molecular weight excluding hydrogens is 641 g/mol. The van der Waals surface area contributed by atoms with Crippen LogP contribution in [0.25, 0.3) is 0 Å². The number of hydrogen-bond acceptors (Lipinski definition) is 5. The van der Waals surface area contributed by atoms with E-state index in [1.165, 1.54) is 23.1 Å². The van der Waals surface area contributed by atoms with E-state index in [4.69, 9.17) is 23.2 Å². The third-order valence-corrected chi connectivity index (χ3v) is 9.50. The van der Waals surface area contributed by atoms with Crippen LogP contribution in [0.2, 0.25) is 10.0 Å². The topological polar surface area (TPSA) is 99.1 Å². The summed E-state index contributed by atoms with van der Waals surface area (Å²) in [5, 5.41) is 15.2. The van der Waals surface area contributed by atoms with Gasteiger partial charge in [0.15, 0.2) is 0 Å². The van der Waals surface area contributed by atoms with Gasteiger partial charge in [-0.15, -0.1) is 0 Å². The summed E-state index contributed by atoms with van der Waals surface area (Å²) in [7, 11) is 0. The van der Waals surface area contributed by atoms with E-state index in [9.17, 15) is 19.5 Å². The summed E-state index contributed by atoms with van der Waals surface area (Å²) in [5.74, 6) is -3.55. The molecule has 3 aliphatic carbocycles. The molecule has 8 rings (SSSR count). The van der Waals surface area contributed by atoms with Gasteiger partial charge in [-0.3, -0.25) is 14.4 Å². The van der Waals surface area contributed by atoms with Gasteiger partial charge in [0.2, 0.25) is 11.8 Å². The highest BCUT2D eigenvalue weighted by Gasteiger charge is 2.68. The number of carbonyl (C=O) groups excluding carboxylic acids is 3. The van der Waals surface area contributed by atoms with Crippen LogP contribution in [-0.2, 0) is 15.0 Å². The van der Waals surface area contributed by atoms with Gasteiger partial charge in [0.1, 0.15) is 5.75 Å². The lowest BCUT2D eigenvalue weighted by Crippen LogP contribution is -2.54. The molecule has 0 saturated carbocycles. The van der Waals surface area contributed by atoms with E-state index in [0.29, 0.717) is 9.50 Å². The van der Waals surface area contributed by atoms with Gasteiger partial charge < -0.3 is 5.11 Å². The van der Waals surface area contributed by atoms with Crippen molar-refractivity contribution < 1.29 is 19.5 Å². The van der Waals surface area contributed by atoms with E-state index < -0.39 is 29.1 Å². The third-order valence-electron chi connectivity index (χ3n) is 8.47. The molecule has 4 aromatic rings. The van der Waals surface area contributed by atoms with Crippen LogP contribution in [-0.4, -0.2) is 29.0 Å². The number of hydrazone groups is 1. The molecule has 4 aliphatic rings. The number of halogens is 3. The Hall–Kier alpha value is -3.98. The quantitative estimate of drug-likeness (QED) is 0.150. The van der Waals surface area contributed by atoms with Crippen LogP contribution in [0, 0.1) is 11.8 Å². The van der Waals surface area contributed by atoms with Gasteiger partial charge in [-0.05, 0) is 58.7 Å². The number of aromatic hydroxyl groups is 1. The van der Waals surface area contributed by atoms with Crippen molar-refractivity contribution >= 4 is 68.8 Å². The monoisotopic (exact) mass is 659 g/mol. The number of rotatable bonds is 4. The fourth-order valence-corrected chi connectivity index (χ4v) is 7.75. The SMILES string of the molecule is O=C(N/N=C\C12c3ccccc3C(c3ccccc31)[C@H]1C(=O)N(c3ccc(Cl)cc3Cl)C(=O)[C@H]12)c1cc(Br)ccc1O. The van der Waals surface area contributed by atoms with Gasteiger partial charge in [-0.25, -0.2) is 10.3 Å². The highest BCUT2D eigenvalue weighted by Crippen LogP contribution is 2.63. The second kappa shape index (κ2) is 9.80. The maximum atomic E-state index is 14.4. The number of phenols is 1. The van der Waals surface area contributed by atoms with Crippen LogP contribution in [0.4, 0.5) is 5.69 Å². The lowest BCUT2D eigenvalue weighted by atomic mass is 9.47. The molecular formula is C32H20BrCl2N3O4. The summed E-state index contributed by atoms with van der Waals surface area (Å²) in [4.78, 5) is 42.9. The van der Waals surface area contributed by atoms with E-state index in [1.807, 2.05) is 48.5 Å². The molecule has 0 radical (unpaired) electrons. The highest BCUT2D eigenvalue weighted by atomic mass is 79.9. The molecule has 1 saturated heterocycles. The maximum absolute atomic E-state index is 14.4. The third kappa shape index (κ3) is 3.72. The second-order valence-corrected chi connectivity index (χ2v) is 12.3. The lowest BCUT2D eigenvalue weighted by molar-refractivity contribution is -0.122. The van der Waals surface area contributed by atoms with E-state index in [1.54, 1.807) is 24.4 Å². The molecule has 0 unspecified atom stereocenters. The van der Waals surface area contributed by atoms with Gasteiger partial charge in [-0.1, -0.05) is 87.7 Å². The number of phenolic OH excluding ortho intramolecular Hbond substituents is 1. The molecule has 3 amide bonds. The Bertz CT molecular complexity index is 1830. The Morgan fingerprint density at radius 2 is 1.60 bits per heavy atom. The second-order valence-electron chi connectivity index (χ2n) is 10.5. The molecule has 0 aromatic heterocycles. The molecule has 0 spiro atoms. The van der Waals surface area contributed by atoms with Crippen LogP contribution in [0.5, 0.6) is 5.75 Å². The Balaban J connectivity index is 1.40. The summed E-state index contributed by atoms with van der Waals surface area (Å²) in [6.07, 6.45) is 1.56. The number of nitrogens with zero attached hydrogens (tertiary/aromatic N) is 2. The van der Waals surface area contributed by atoms with Crippen molar-refractivity contribution in [1.29, 1.82) is 0 Å². The molecule has 208 valence electrons. The van der Waals surface area contributed by atoms with Crippen molar-refractivity contribution in [3.05, 3.63) is 127 Å². The normalized spacial score (nSPS) is 23.6. The highest BCUT2D eigenvalue weighted by molar-refractivity contribution is 9.10. The van der Waals surface area contributed by atoms with Gasteiger partial charge in [0, 0.05) is 21.6 Å². The first kappa shape index (κ1) is 26.9. The predicted octanol–water partition coefficient (Wildman–Crippen LogP) is 6.43. The number of benzene rings is 4. The minimum absolute atomic E-state index is 0.0285. The Morgan fingerprint density at radius 3 is 2.26 bits per heavy atom. The Kier molecular flexibility index (Phi) is 6.27. The average molecular weight is 661 g/mol.